The van der Waals surface area contributed by atoms with Crippen LogP contribution < -0.4 is 4.74 Å². The van der Waals surface area contributed by atoms with Crippen LogP contribution in [-0.4, -0.2) is 29.1 Å². The zero-order valence-corrected chi connectivity index (χ0v) is 13.1. The molecule has 1 N–H and O–H groups in total. The molecule has 1 aliphatic rings. The molecular formula is C16H25NO4. The van der Waals surface area contributed by atoms with Crippen LogP contribution in [0.3, 0.4) is 0 Å². The van der Waals surface area contributed by atoms with Crippen LogP contribution in [0.5, 0.6) is 5.75 Å². The van der Waals surface area contributed by atoms with Gasteiger partial charge in [-0.25, -0.2) is 0 Å². The van der Waals surface area contributed by atoms with Gasteiger partial charge in [-0.1, -0.05) is 0 Å². The third kappa shape index (κ3) is 4.40. The fourth-order valence-electron chi connectivity index (χ4n) is 2.29. The van der Waals surface area contributed by atoms with E-state index in [4.69, 9.17) is 19.3 Å². The first-order valence-electron chi connectivity index (χ1n) is 7.52. The molecule has 0 radical (unpaired) electrons. The van der Waals surface area contributed by atoms with E-state index in [0.29, 0.717) is 19.8 Å². The highest BCUT2D eigenvalue weighted by atomic mass is 16.7. The minimum Gasteiger partial charge on any atom is -0.461 e. The maximum atomic E-state index is 8.72. The Hall–Kier alpha value is -1.17. The fraction of sp³-hybridized carbons (Fsp3) is 0.688. The summed E-state index contributed by atoms with van der Waals surface area (Å²) in [6, 6.07) is 0. The van der Waals surface area contributed by atoms with Crippen molar-refractivity contribution in [2.75, 3.05) is 13.2 Å². The molecule has 2 rings (SSSR count). The molecule has 0 aliphatic carbocycles. The molecule has 0 saturated heterocycles. The van der Waals surface area contributed by atoms with E-state index in [2.05, 4.69) is 4.98 Å². The van der Waals surface area contributed by atoms with Crippen LogP contribution in [-0.2, 0) is 22.7 Å². The summed E-state index contributed by atoms with van der Waals surface area (Å²) in [5.74, 6) is 0.219. The lowest BCUT2D eigenvalue weighted by molar-refractivity contribution is -0.181. The van der Waals surface area contributed by atoms with Crippen LogP contribution >= 0.6 is 0 Å². The van der Waals surface area contributed by atoms with E-state index in [1.807, 2.05) is 27.0 Å². The molecule has 0 atom stereocenters. The van der Waals surface area contributed by atoms with E-state index < -0.39 is 5.79 Å². The lowest BCUT2D eigenvalue weighted by Crippen LogP contribution is -2.36. The van der Waals surface area contributed by atoms with Crippen molar-refractivity contribution >= 4 is 0 Å². The summed E-state index contributed by atoms with van der Waals surface area (Å²) >= 11 is 0. The minimum absolute atomic E-state index is 0.250. The molecule has 0 amide bonds. The summed E-state index contributed by atoms with van der Waals surface area (Å²) in [7, 11) is 0. The Labute approximate surface area is 126 Å². The van der Waals surface area contributed by atoms with E-state index in [-0.39, 0.29) is 6.61 Å². The van der Waals surface area contributed by atoms with Crippen molar-refractivity contribution in [1.82, 2.24) is 4.98 Å². The number of unbranched alkanes of at least 4 members (excludes halogenated alkanes) is 2. The second kappa shape index (κ2) is 7.20. The first-order valence-corrected chi connectivity index (χ1v) is 7.52. The lowest BCUT2D eigenvalue weighted by atomic mass is 10.1. The summed E-state index contributed by atoms with van der Waals surface area (Å²) in [5, 5.41) is 8.72. The molecule has 0 saturated carbocycles. The van der Waals surface area contributed by atoms with Crippen molar-refractivity contribution in [2.45, 2.75) is 59.0 Å². The number of hydrogen-bond acceptors (Lipinski definition) is 5. The third-order valence-electron chi connectivity index (χ3n) is 3.52. The van der Waals surface area contributed by atoms with Gasteiger partial charge in [-0.3, -0.25) is 4.98 Å². The number of fused-ring (bicyclic) bond motifs is 1. The molecule has 0 fully saturated rings. The fourth-order valence-corrected chi connectivity index (χ4v) is 2.29. The molecule has 21 heavy (non-hydrogen) atoms. The van der Waals surface area contributed by atoms with Gasteiger partial charge in [0.25, 0.3) is 0 Å². The molecule has 0 spiro atoms. The molecule has 1 aromatic heterocycles. The molecule has 2 heterocycles. The van der Waals surface area contributed by atoms with Gasteiger partial charge in [0.15, 0.2) is 0 Å². The van der Waals surface area contributed by atoms with Gasteiger partial charge in [-0.15, -0.1) is 0 Å². The first kappa shape index (κ1) is 16.2. The lowest BCUT2D eigenvalue weighted by Gasteiger charge is -2.34. The smallest absolute Gasteiger partial charge is 0.205 e. The highest BCUT2D eigenvalue weighted by Gasteiger charge is 2.30. The number of aliphatic hydroxyl groups is 1. The van der Waals surface area contributed by atoms with Crippen LogP contribution in [0.15, 0.2) is 6.20 Å². The highest BCUT2D eigenvalue weighted by Crippen LogP contribution is 2.35. The van der Waals surface area contributed by atoms with Crippen LogP contribution in [0.25, 0.3) is 0 Å². The molecule has 0 aromatic carbocycles. The average molecular weight is 295 g/mol. The van der Waals surface area contributed by atoms with Gasteiger partial charge < -0.3 is 19.3 Å². The molecule has 0 unspecified atom stereocenters. The summed E-state index contributed by atoms with van der Waals surface area (Å²) in [5.41, 5.74) is 2.94. The normalized spacial score (nSPS) is 16.4. The van der Waals surface area contributed by atoms with E-state index >= 15 is 0 Å². The van der Waals surface area contributed by atoms with Crippen molar-refractivity contribution in [1.29, 1.82) is 0 Å². The van der Waals surface area contributed by atoms with Crippen LogP contribution in [0.4, 0.5) is 0 Å². The third-order valence-corrected chi connectivity index (χ3v) is 3.52. The van der Waals surface area contributed by atoms with Gasteiger partial charge in [0, 0.05) is 44.4 Å². The van der Waals surface area contributed by atoms with E-state index in [1.54, 1.807) is 0 Å². The standard InChI is InChI=1S/C16H25NO4/c1-12-15-14(11-20-16(2,3)21-15)13(9-17-12)10-19-8-6-4-5-7-18/h9,18H,4-8,10-11H2,1-3H3. The van der Waals surface area contributed by atoms with Gasteiger partial charge in [-0.05, 0) is 26.2 Å². The van der Waals surface area contributed by atoms with Gasteiger partial charge in [0.2, 0.25) is 5.79 Å². The second-order valence-electron chi connectivity index (χ2n) is 5.80. The number of pyridine rings is 1. The van der Waals surface area contributed by atoms with E-state index in [0.717, 1.165) is 41.8 Å². The summed E-state index contributed by atoms with van der Waals surface area (Å²) in [6.45, 7) is 7.73. The Kier molecular flexibility index (Phi) is 5.56. The maximum Gasteiger partial charge on any atom is 0.205 e. The van der Waals surface area contributed by atoms with Crippen molar-refractivity contribution in [3.05, 3.63) is 23.0 Å². The van der Waals surface area contributed by atoms with Crippen LogP contribution in [0.2, 0.25) is 0 Å². The van der Waals surface area contributed by atoms with E-state index in [1.165, 1.54) is 0 Å². The zero-order chi connectivity index (χ0) is 15.3. The highest BCUT2D eigenvalue weighted by molar-refractivity contribution is 5.42. The number of aromatic nitrogens is 1. The number of aryl methyl sites for hydroxylation is 1. The molecule has 5 heteroatoms. The molecule has 118 valence electrons. The van der Waals surface area contributed by atoms with Crippen molar-refractivity contribution in [2.24, 2.45) is 0 Å². The molecule has 0 bridgehead atoms. The van der Waals surface area contributed by atoms with Gasteiger partial charge in [-0.2, -0.15) is 0 Å². The number of nitrogens with zero attached hydrogens (tertiary/aromatic N) is 1. The Morgan fingerprint density at radius 3 is 2.90 bits per heavy atom. The van der Waals surface area contributed by atoms with Crippen LogP contribution in [0, 0.1) is 6.92 Å². The number of rotatable bonds is 7. The predicted octanol–water partition coefficient (Wildman–Crippen LogP) is 2.71. The number of ether oxygens (including phenoxy) is 3. The molecule has 1 aliphatic heterocycles. The summed E-state index contributed by atoms with van der Waals surface area (Å²) in [4.78, 5) is 4.39. The average Bonchev–Trinajstić information content (AvgIpc) is 2.44. The Balaban J connectivity index is 1.95. The SMILES string of the molecule is Cc1ncc(COCCCCCO)c2c1OC(C)(C)OC2. The monoisotopic (exact) mass is 295 g/mol. The van der Waals surface area contributed by atoms with Crippen LogP contribution in [0.1, 0.15) is 49.9 Å². The van der Waals surface area contributed by atoms with Gasteiger partial charge >= 0.3 is 0 Å². The number of aliphatic hydroxyl groups excluding tert-OH is 1. The molecule has 5 nitrogen and oxygen atoms in total. The molecule has 1 aromatic rings. The Morgan fingerprint density at radius 1 is 1.33 bits per heavy atom. The quantitative estimate of drug-likeness (QED) is 0.784. The minimum atomic E-state index is -0.608. The van der Waals surface area contributed by atoms with E-state index in [9.17, 15) is 0 Å². The van der Waals surface area contributed by atoms with Gasteiger partial charge in [0.1, 0.15) is 5.75 Å². The zero-order valence-electron chi connectivity index (χ0n) is 13.1. The predicted molar refractivity (Wildman–Crippen MR) is 79.1 cm³/mol. The van der Waals surface area contributed by atoms with Crippen molar-refractivity contribution < 1.29 is 19.3 Å². The Morgan fingerprint density at radius 2 is 2.14 bits per heavy atom. The van der Waals surface area contributed by atoms with Crippen molar-refractivity contribution in [3.8, 4) is 5.75 Å². The van der Waals surface area contributed by atoms with Crippen molar-refractivity contribution in [3.63, 3.8) is 0 Å². The topological polar surface area (TPSA) is 60.8 Å². The summed E-state index contributed by atoms with van der Waals surface area (Å²) in [6.07, 6.45) is 4.62. The second-order valence-corrected chi connectivity index (χ2v) is 5.80. The first-order chi connectivity index (χ1) is 10.0. The van der Waals surface area contributed by atoms with Gasteiger partial charge in [0.05, 0.1) is 18.9 Å². The number of hydrogen-bond donors (Lipinski definition) is 1. The summed E-state index contributed by atoms with van der Waals surface area (Å²) < 4.78 is 17.3. The Bertz CT molecular complexity index is 474. The maximum absolute atomic E-state index is 8.72. The molecular weight excluding hydrogens is 270 g/mol. The largest absolute Gasteiger partial charge is 0.461 e.